The molecule has 246 valence electrons. The number of para-hydroxylation sites is 3. The van der Waals surface area contributed by atoms with Crippen molar-refractivity contribution < 1.29 is 4.42 Å². The summed E-state index contributed by atoms with van der Waals surface area (Å²) in [5.41, 5.74) is 8.77. The van der Waals surface area contributed by atoms with E-state index >= 15 is 0 Å². The molecular formula is C48H28N4O. The van der Waals surface area contributed by atoms with Gasteiger partial charge in [-0.15, -0.1) is 0 Å². The smallest absolute Gasteiger partial charge is 0.238 e. The highest BCUT2D eigenvalue weighted by Gasteiger charge is 2.24. The average Bonchev–Trinajstić information content (AvgIpc) is 3.87. The van der Waals surface area contributed by atoms with Crippen molar-refractivity contribution in [3.63, 3.8) is 0 Å². The average molecular weight is 677 g/mol. The number of benzene rings is 8. The predicted molar refractivity (Wildman–Crippen MR) is 218 cm³/mol. The van der Waals surface area contributed by atoms with E-state index in [1.807, 2.05) is 18.2 Å². The number of nitrogens with zero attached hydrogens (tertiary/aromatic N) is 4. The molecular weight excluding hydrogens is 649 g/mol. The van der Waals surface area contributed by atoms with Gasteiger partial charge >= 0.3 is 0 Å². The van der Waals surface area contributed by atoms with Crippen molar-refractivity contribution in [2.75, 3.05) is 0 Å². The molecule has 12 rings (SSSR count). The molecule has 0 aliphatic carbocycles. The summed E-state index contributed by atoms with van der Waals surface area (Å²) in [4.78, 5) is 10.7. The lowest BCUT2D eigenvalue weighted by molar-refractivity contribution is 0.651. The molecule has 0 spiro atoms. The molecule has 0 aliphatic heterocycles. The van der Waals surface area contributed by atoms with Gasteiger partial charge in [0.05, 0.1) is 33.1 Å². The summed E-state index contributed by atoms with van der Waals surface area (Å²) in [6.07, 6.45) is 0. The molecule has 4 aromatic heterocycles. The summed E-state index contributed by atoms with van der Waals surface area (Å²) in [5, 5.41) is 11.4. The Hall–Kier alpha value is -7.24. The standard InChI is InChI=1S/C48H28N4O/c1-3-13-31-27-33(22-21-29(31)11-1)46-45-37-17-7-10-20-42(37)53-47(45)50-48(49-46)52-39-19-9-6-16-36(39)44-41(52)26-25-40-43(44)35-15-5-8-18-38(35)51(40)34-24-23-30-12-2-4-14-32(30)28-34/h1-28H. The van der Waals surface area contributed by atoms with E-state index in [0.717, 1.165) is 60.6 Å². The van der Waals surface area contributed by atoms with Gasteiger partial charge in [-0.3, -0.25) is 4.57 Å². The van der Waals surface area contributed by atoms with E-state index in [-0.39, 0.29) is 0 Å². The van der Waals surface area contributed by atoms with E-state index in [1.54, 1.807) is 0 Å². The summed E-state index contributed by atoms with van der Waals surface area (Å²) in [7, 11) is 0. The van der Waals surface area contributed by atoms with E-state index in [9.17, 15) is 0 Å². The third-order valence-corrected chi connectivity index (χ3v) is 10.9. The number of fused-ring (bicyclic) bond motifs is 12. The molecule has 0 aliphatic rings. The van der Waals surface area contributed by atoms with Crippen molar-refractivity contribution in [3.05, 3.63) is 170 Å². The van der Waals surface area contributed by atoms with E-state index < -0.39 is 0 Å². The number of aromatic nitrogens is 4. The lowest BCUT2D eigenvalue weighted by atomic mass is 10.0. The van der Waals surface area contributed by atoms with Gasteiger partial charge in [0.1, 0.15) is 5.58 Å². The first-order valence-corrected chi connectivity index (χ1v) is 17.9. The van der Waals surface area contributed by atoms with Crippen LogP contribution in [0.4, 0.5) is 0 Å². The van der Waals surface area contributed by atoms with Gasteiger partial charge in [0.2, 0.25) is 11.7 Å². The topological polar surface area (TPSA) is 48.8 Å². The van der Waals surface area contributed by atoms with Crippen LogP contribution in [0.1, 0.15) is 0 Å². The quantitative estimate of drug-likeness (QED) is 0.187. The molecule has 4 heterocycles. The number of hydrogen-bond donors (Lipinski definition) is 0. The first-order chi connectivity index (χ1) is 26.3. The second-order valence-electron chi connectivity index (χ2n) is 13.8. The van der Waals surface area contributed by atoms with E-state index in [1.165, 1.54) is 37.8 Å². The number of hydrogen-bond acceptors (Lipinski definition) is 3. The van der Waals surface area contributed by atoms with Crippen LogP contribution in [-0.2, 0) is 0 Å². The Morgan fingerprint density at radius 1 is 0.396 bits per heavy atom. The highest BCUT2D eigenvalue weighted by molar-refractivity contribution is 6.29. The second-order valence-corrected chi connectivity index (χ2v) is 13.8. The zero-order valence-corrected chi connectivity index (χ0v) is 28.4. The molecule has 0 bridgehead atoms. The maximum Gasteiger partial charge on any atom is 0.238 e. The van der Waals surface area contributed by atoms with Gasteiger partial charge in [-0.2, -0.15) is 4.98 Å². The van der Waals surface area contributed by atoms with Gasteiger partial charge in [-0.05, 0) is 70.1 Å². The molecule has 0 unspecified atom stereocenters. The van der Waals surface area contributed by atoms with Gasteiger partial charge in [-0.25, -0.2) is 4.98 Å². The third kappa shape index (κ3) is 4.02. The Balaban J connectivity index is 1.19. The van der Waals surface area contributed by atoms with E-state index in [2.05, 4.69) is 161 Å². The van der Waals surface area contributed by atoms with Crippen LogP contribution in [0.3, 0.4) is 0 Å². The Bertz CT molecular complexity index is 3470. The lowest BCUT2D eigenvalue weighted by Crippen LogP contribution is -2.03. The molecule has 8 aromatic carbocycles. The fourth-order valence-corrected chi connectivity index (χ4v) is 8.59. The second kappa shape index (κ2) is 10.6. The first-order valence-electron chi connectivity index (χ1n) is 17.9. The molecule has 0 N–H and O–H groups in total. The van der Waals surface area contributed by atoms with Crippen LogP contribution in [0.25, 0.3) is 110 Å². The molecule has 0 amide bonds. The SMILES string of the molecule is c1ccc2cc(-c3nc(-n4c5ccccc5c5c6c7ccccc7n(-c7ccc8ccccc8c7)c6ccc54)nc4oc5ccccc5c34)ccc2c1. The highest BCUT2D eigenvalue weighted by atomic mass is 16.3. The maximum atomic E-state index is 6.51. The Labute approximate surface area is 302 Å². The minimum Gasteiger partial charge on any atom is -0.437 e. The number of rotatable bonds is 3. The van der Waals surface area contributed by atoms with Gasteiger partial charge < -0.3 is 8.98 Å². The van der Waals surface area contributed by atoms with Crippen LogP contribution in [-0.4, -0.2) is 19.1 Å². The van der Waals surface area contributed by atoms with Gasteiger partial charge in [0.25, 0.3) is 0 Å². The van der Waals surface area contributed by atoms with Crippen LogP contribution in [0.15, 0.2) is 174 Å². The zero-order valence-electron chi connectivity index (χ0n) is 28.4. The molecule has 0 saturated carbocycles. The Kier molecular flexibility index (Phi) is 5.71. The monoisotopic (exact) mass is 676 g/mol. The molecule has 0 saturated heterocycles. The summed E-state index contributed by atoms with van der Waals surface area (Å²) in [6, 6.07) is 60.3. The van der Waals surface area contributed by atoms with Crippen molar-refractivity contribution in [2.45, 2.75) is 0 Å². The van der Waals surface area contributed by atoms with Gasteiger partial charge in [0.15, 0.2) is 0 Å². The fourth-order valence-electron chi connectivity index (χ4n) is 8.59. The van der Waals surface area contributed by atoms with Gasteiger partial charge in [0, 0.05) is 38.2 Å². The van der Waals surface area contributed by atoms with Crippen molar-refractivity contribution in [1.82, 2.24) is 19.1 Å². The van der Waals surface area contributed by atoms with Crippen molar-refractivity contribution in [3.8, 4) is 22.9 Å². The lowest BCUT2D eigenvalue weighted by Gasteiger charge is -2.11. The molecule has 53 heavy (non-hydrogen) atoms. The Morgan fingerprint density at radius 3 is 1.70 bits per heavy atom. The molecule has 5 nitrogen and oxygen atoms in total. The largest absolute Gasteiger partial charge is 0.437 e. The summed E-state index contributed by atoms with van der Waals surface area (Å²) < 4.78 is 11.1. The van der Waals surface area contributed by atoms with Crippen LogP contribution in [0, 0.1) is 0 Å². The van der Waals surface area contributed by atoms with Crippen molar-refractivity contribution in [1.29, 1.82) is 0 Å². The Morgan fingerprint density at radius 2 is 0.962 bits per heavy atom. The van der Waals surface area contributed by atoms with E-state index in [0.29, 0.717) is 11.7 Å². The predicted octanol–water partition coefficient (Wildman–Crippen LogP) is 12.5. The fraction of sp³-hybridized carbons (Fsp3) is 0. The molecule has 5 heteroatoms. The molecule has 0 radical (unpaired) electrons. The van der Waals surface area contributed by atoms with Crippen LogP contribution >= 0.6 is 0 Å². The number of furan rings is 1. The molecule has 12 aromatic rings. The van der Waals surface area contributed by atoms with Gasteiger partial charge in [-0.1, -0.05) is 121 Å². The zero-order chi connectivity index (χ0) is 34.6. The highest BCUT2D eigenvalue weighted by Crippen LogP contribution is 2.43. The molecule has 0 fully saturated rings. The molecule has 0 atom stereocenters. The van der Waals surface area contributed by atoms with Crippen LogP contribution in [0.2, 0.25) is 0 Å². The third-order valence-electron chi connectivity index (χ3n) is 10.9. The van der Waals surface area contributed by atoms with Crippen LogP contribution < -0.4 is 0 Å². The normalized spacial score (nSPS) is 12.2. The minimum atomic E-state index is 0.569. The van der Waals surface area contributed by atoms with E-state index in [4.69, 9.17) is 14.4 Å². The summed E-state index contributed by atoms with van der Waals surface area (Å²) >= 11 is 0. The maximum absolute atomic E-state index is 6.51. The summed E-state index contributed by atoms with van der Waals surface area (Å²) in [5.74, 6) is 0.573. The van der Waals surface area contributed by atoms with Crippen LogP contribution in [0.5, 0.6) is 0 Å². The summed E-state index contributed by atoms with van der Waals surface area (Å²) in [6.45, 7) is 0. The minimum absolute atomic E-state index is 0.569. The van der Waals surface area contributed by atoms with Crippen molar-refractivity contribution >= 4 is 87.2 Å². The first kappa shape index (κ1) is 28.5. The van der Waals surface area contributed by atoms with Crippen molar-refractivity contribution in [2.24, 2.45) is 0 Å².